The van der Waals surface area contributed by atoms with Crippen molar-refractivity contribution < 1.29 is 9.18 Å². The Bertz CT molecular complexity index is 336. The number of halogens is 2. The molecule has 0 unspecified atom stereocenters. The predicted molar refractivity (Wildman–Crippen MR) is 57.7 cm³/mol. The maximum atomic E-state index is 13.3. The summed E-state index contributed by atoms with van der Waals surface area (Å²) in [6.07, 6.45) is 1.44. The fraction of sp³-hybridized carbons (Fsp3) is 0.364. The van der Waals surface area contributed by atoms with Crippen molar-refractivity contribution >= 4 is 21.7 Å². The predicted octanol–water partition coefficient (Wildman–Crippen LogP) is 3.50. The van der Waals surface area contributed by atoms with Crippen molar-refractivity contribution in [3.05, 3.63) is 34.1 Å². The molecule has 0 saturated carbocycles. The highest BCUT2D eigenvalue weighted by molar-refractivity contribution is 9.10. The summed E-state index contributed by atoms with van der Waals surface area (Å²) in [4.78, 5) is 11.0. The van der Waals surface area contributed by atoms with Crippen LogP contribution < -0.4 is 0 Å². The number of benzene rings is 1. The van der Waals surface area contributed by atoms with Gasteiger partial charge in [0.05, 0.1) is 0 Å². The van der Waals surface area contributed by atoms with Gasteiger partial charge in [0.2, 0.25) is 0 Å². The van der Waals surface area contributed by atoms with E-state index < -0.39 is 0 Å². The lowest BCUT2D eigenvalue weighted by atomic mass is 10.1. The molecule has 0 radical (unpaired) electrons. The average molecular weight is 259 g/mol. The van der Waals surface area contributed by atoms with Gasteiger partial charge in [-0.15, -0.1) is 0 Å². The molecule has 1 nitrogen and oxygen atoms in total. The van der Waals surface area contributed by atoms with Crippen LogP contribution >= 0.6 is 15.9 Å². The summed E-state index contributed by atoms with van der Waals surface area (Å²) < 4.78 is 14.0. The minimum Gasteiger partial charge on any atom is -0.300 e. The Labute approximate surface area is 91.5 Å². The van der Waals surface area contributed by atoms with Gasteiger partial charge in [0, 0.05) is 17.3 Å². The lowest BCUT2D eigenvalue weighted by Crippen LogP contribution is -1.99. The fourth-order valence-corrected chi connectivity index (χ4v) is 1.51. The van der Waals surface area contributed by atoms with Crippen LogP contribution in [-0.4, -0.2) is 5.78 Å². The van der Waals surface area contributed by atoms with Gasteiger partial charge in [-0.25, -0.2) is 4.39 Å². The molecule has 0 saturated heterocycles. The molecular formula is C11H12BrFO. The van der Waals surface area contributed by atoms with Crippen LogP contribution in [0.25, 0.3) is 0 Å². The maximum Gasteiger partial charge on any atom is 0.132 e. The van der Waals surface area contributed by atoms with Crippen molar-refractivity contribution in [2.24, 2.45) is 0 Å². The van der Waals surface area contributed by atoms with E-state index in [1.54, 1.807) is 12.1 Å². The van der Waals surface area contributed by atoms with E-state index in [-0.39, 0.29) is 11.6 Å². The summed E-state index contributed by atoms with van der Waals surface area (Å²) in [6.45, 7) is 1.82. The summed E-state index contributed by atoms with van der Waals surface area (Å²) >= 11 is 3.18. The highest BCUT2D eigenvalue weighted by atomic mass is 79.9. The zero-order valence-electron chi connectivity index (χ0n) is 8.02. The van der Waals surface area contributed by atoms with E-state index in [0.717, 1.165) is 4.47 Å². The van der Waals surface area contributed by atoms with Crippen molar-refractivity contribution in [2.45, 2.75) is 26.2 Å². The lowest BCUT2D eigenvalue weighted by molar-refractivity contribution is -0.118. The minimum absolute atomic E-state index is 0.173. The Hall–Kier alpha value is -0.700. The second-order valence-electron chi connectivity index (χ2n) is 3.13. The number of ketones is 1. The minimum atomic E-state index is -0.247. The van der Waals surface area contributed by atoms with Crippen molar-refractivity contribution in [2.75, 3.05) is 0 Å². The standard InChI is InChI=1S/C11H12BrFO/c1-2-10(14)6-4-8-3-5-9(12)7-11(8)13/h3,5,7H,2,4,6H2,1H3. The second kappa shape index (κ2) is 5.25. The van der Waals surface area contributed by atoms with Crippen molar-refractivity contribution in [3.63, 3.8) is 0 Å². The Kier molecular flexibility index (Phi) is 4.26. The molecule has 76 valence electrons. The van der Waals surface area contributed by atoms with Crippen LogP contribution in [0.1, 0.15) is 25.3 Å². The van der Waals surface area contributed by atoms with Gasteiger partial charge in [0.25, 0.3) is 0 Å². The summed E-state index contributed by atoms with van der Waals surface area (Å²) in [7, 11) is 0. The van der Waals surface area contributed by atoms with Gasteiger partial charge in [-0.2, -0.15) is 0 Å². The molecule has 0 bridgehead atoms. The molecule has 1 aromatic rings. The first-order chi connectivity index (χ1) is 6.63. The largest absolute Gasteiger partial charge is 0.300 e. The van der Waals surface area contributed by atoms with E-state index in [9.17, 15) is 9.18 Å². The van der Waals surface area contributed by atoms with E-state index >= 15 is 0 Å². The molecule has 14 heavy (non-hydrogen) atoms. The molecule has 0 N–H and O–H groups in total. The van der Waals surface area contributed by atoms with Crippen LogP contribution in [0, 0.1) is 5.82 Å². The molecule has 0 atom stereocenters. The van der Waals surface area contributed by atoms with Crippen LogP contribution in [0.3, 0.4) is 0 Å². The van der Waals surface area contributed by atoms with Crippen molar-refractivity contribution in [3.8, 4) is 0 Å². The normalized spacial score (nSPS) is 10.2. The molecule has 1 rings (SSSR count). The number of Topliss-reactive ketones (excluding diaryl/α,β-unsaturated/α-hetero) is 1. The first-order valence-electron chi connectivity index (χ1n) is 4.59. The van der Waals surface area contributed by atoms with Crippen LogP contribution in [0.5, 0.6) is 0 Å². The first-order valence-corrected chi connectivity index (χ1v) is 5.38. The van der Waals surface area contributed by atoms with E-state index in [1.807, 2.05) is 6.92 Å². The number of aryl methyl sites for hydroxylation is 1. The van der Waals surface area contributed by atoms with E-state index in [2.05, 4.69) is 15.9 Å². The SMILES string of the molecule is CCC(=O)CCc1ccc(Br)cc1F. The number of hydrogen-bond donors (Lipinski definition) is 0. The smallest absolute Gasteiger partial charge is 0.132 e. The maximum absolute atomic E-state index is 13.3. The van der Waals surface area contributed by atoms with Crippen LogP contribution in [-0.2, 0) is 11.2 Å². The van der Waals surface area contributed by atoms with Crippen molar-refractivity contribution in [1.29, 1.82) is 0 Å². The summed E-state index contributed by atoms with van der Waals surface area (Å²) in [6, 6.07) is 4.92. The third-order valence-electron chi connectivity index (χ3n) is 2.08. The molecule has 0 aliphatic heterocycles. The fourth-order valence-electron chi connectivity index (χ4n) is 1.18. The quantitative estimate of drug-likeness (QED) is 0.808. The van der Waals surface area contributed by atoms with Gasteiger partial charge in [-0.1, -0.05) is 28.9 Å². The molecule has 0 heterocycles. The van der Waals surface area contributed by atoms with Gasteiger partial charge in [0.1, 0.15) is 11.6 Å². The topological polar surface area (TPSA) is 17.1 Å². The monoisotopic (exact) mass is 258 g/mol. The molecule has 3 heteroatoms. The van der Waals surface area contributed by atoms with E-state index in [1.165, 1.54) is 6.07 Å². The highest BCUT2D eigenvalue weighted by Gasteiger charge is 2.05. The van der Waals surface area contributed by atoms with Gasteiger partial charge in [-0.3, -0.25) is 4.79 Å². The Morgan fingerprint density at radius 2 is 2.21 bits per heavy atom. The molecule has 0 spiro atoms. The van der Waals surface area contributed by atoms with Gasteiger partial charge in [0.15, 0.2) is 0 Å². The number of hydrogen-bond acceptors (Lipinski definition) is 1. The van der Waals surface area contributed by atoms with Crippen molar-refractivity contribution in [1.82, 2.24) is 0 Å². The second-order valence-corrected chi connectivity index (χ2v) is 4.04. The zero-order valence-corrected chi connectivity index (χ0v) is 9.60. The zero-order chi connectivity index (χ0) is 10.6. The number of carbonyl (C=O) groups excluding carboxylic acids is 1. The van der Waals surface area contributed by atoms with E-state index in [4.69, 9.17) is 0 Å². The Morgan fingerprint density at radius 3 is 2.79 bits per heavy atom. The number of carbonyl (C=O) groups is 1. The Balaban J connectivity index is 2.63. The molecule has 0 amide bonds. The third-order valence-corrected chi connectivity index (χ3v) is 2.58. The lowest BCUT2D eigenvalue weighted by Gasteiger charge is -2.02. The molecular weight excluding hydrogens is 247 g/mol. The van der Waals surface area contributed by atoms with Gasteiger partial charge < -0.3 is 0 Å². The molecule has 0 aromatic heterocycles. The van der Waals surface area contributed by atoms with Crippen LogP contribution in [0.4, 0.5) is 4.39 Å². The Morgan fingerprint density at radius 1 is 1.50 bits per heavy atom. The third kappa shape index (κ3) is 3.22. The molecule has 0 aliphatic carbocycles. The summed E-state index contributed by atoms with van der Waals surface area (Å²) in [5.74, 6) is -0.0735. The van der Waals surface area contributed by atoms with Crippen LogP contribution in [0.15, 0.2) is 22.7 Å². The number of rotatable bonds is 4. The van der Waals surface area contributed by atoms with E-state index in [0.29, 0.717) is 24.8 Å². The van der Waals surface area contributed by atoms with Gasteiger partial charge in [-0.05, 0) is 24.1 Å². The molecule has 0 fully saturated rings. The van der Waals surface area contributed by atoms with Crippen LogP contribution in [0.2, 0.25) is 0 Å². The molecule has 1 aromatic carbocycles. The highest BCUT2D eigenvalue weighted by Crippen LogP contribution is 2.16. The first kappa shape index (κ1) is 11.4. The summed E-state index contributed by atoms with van der Waals surface area (Å²) in [5, 5.41) is 0. The van der Waals surface area contributed by atoms with Gasteiger partial charge >= 0.3 is 0 Å². The molecule has 0 aliphatic rings. The summed E-state index contributed by atoms with van der Waals surface area (Å²) in [5.41, 5.74) is 0.606. The average Bonchev–Trinajstić information content (AvgIpc) is 2.16.